The van der Waals surface area contributed by atoms with Crippen LogP contribution < -0.4 is 10.1 Å². The molecule has 162 valence electrons. The van der Waals surface area contributed by atoms with Crippen LogP contribution in [0.15, 0.2) is 66.6 Å². The summed E-state index contributed by atoms with van der Waals surface area (Å²) in [6, 6.07) is 14.4. The highest BCUT2D eigenvalue weighted by Crippen LogP contribution is 2.36. The summed E-state index contributed by atoms with van der Waals surface area (Å²) < 4.78 is 5.42. The van der Waals surface area contributed by atoms with Crippen molar-refractivity contribution in [3.63, 3.8) is 0 Å². The number of nitrogens with zero attached hydrogens (tertiary/aromatic N) is 2. The number of carbonyl (C=O) groups is 2. The Morgan fingerprint density at radius 2 is 1.75 bits per heavy atom. The van der Waals surface area contributed by atoms with Gasteiger partial charge in [0, 0.05) is 17.4 Å². The molecule has 1 aliphatic rings. The lowest BCUT2D eigenvalue weighted by atomic mass is 9.97. The van der Waals surface area contributed by atoms with Crippen LogP contribution in [-0.4, -0.2) is 28.8 Å². The second kappa shape index (κ2) is 8.85. The largest absolute Gasteiger partial charge is 0.495 e. The summed E-state index contributed by atoms with van der Waals surface area (Å²) in [6.07, 6.45) is 3.27. The lowest BCUT2D eigenvalue weighted by Gasteiger charge is -2.16. The van der Waals surface area contributed by atoms with Gasteiger partial charge in [0.1, 0.15) is 11.4 Å². The average molecular weight is 448 g/mol. The van der Waals surface area contributed by atoms with Crippen molar-refractivity contribution in [3.05, 3.63) is 93.9 Å². The Balaban J connectivity index is 1.82. The summed E-state index contributed by atoms with van der Waals surface area (Å²) in [7, 11) is 1.53. The molecule has 1 aliphatic heterocycles. The van der Waals surface area contributed by atoms with Gasteiger partial charge in [-0.05, 0) is 60.9 Å². The summed E-state index contributed by atoms with van der Waals surface area (Å²) in [6.45, 7) is 4.06. The van der Waals surface area contributed by atoms with Gasteiger partial charge >= 0.3 is 0 Å². The maximum Gasteiger partial charge on any atom is 0.278 e. The van der Waals surface area contributed by atoms with Crippen molar-refractivity contribution in [1.29, 1.82) is 0 Å². The maximum atomic E-state index is 13.5. The number of hydrogen-bond acceptors (Lipinski definition) is 5. The first kappa shape index (κ1) is 21.6. The molecule has 4 rings (SSSR count). The number of ether oxygens (including phenoxy) is 1. The fourth-order valence-corrected chi connectivity index (χ4v) is 3.93. The Morgan fingerprint density at radius 3 is 2.44 bits per heavy atom. The highest BCUT2D eigenvalue weighted by atomic mass is 35.5. The number of benzene rings is 2. The van der Waals surface area contributed by atoms with E-state index in [0.29, 0.717) is 27.6 Å². The summed E-state index contributed by atoms with van der Waals surface area (Å²) in [5.41, 5.74) is 4.51. The molecule has 1 aromatic heterocycles. The quantitative estimate of drug-likeness (QED) is 0.552. The van der Waals surface area contributed by atoms with Crippen molar-refractivity contribution in [1.82, 2.24) is 9.88 Å². The molecule has 0 aliphatic carbocycles. The second-order valence-corrected chi connectivity index (χ2v) is 8.03. The molecule has 2 amide bonds. The van der Waals surface area contributed by atoms with Crippen molar-refractivity contribution >= 4 is 34.7 Å². The minimum atomic E-state index is -0.413. The number of anilines is 1. The Morgan fingerprint density at radius 1 is 1.00 bits per heavy atom. The summed E-state index contributed by atoms with van der Waals surface area (Å²) in [4.78, 5) is 32.2. The zero-order chi connectivity index (χ0) is 22.8. The van der Waals surface area contributed by atoms with E-state index in [1.165, 1.54) is 12.0 Å². The van der Waals surface area contributed by atoms with Crippen LogP contribution in [0.5, 0.6) is 5.75 Å². The van der Waals surface area contributed by atoms with Gasteiger partial charge < -0.3 is 10.1 Å². The maximum absolute atomic E-state index is 13.5. The molecule has 1 N–H and O–H groups in total. The van der Waals surface area contributed by atoms with E-state index in [9.17, 15) is 9.59 Å². The lowest BCUT2D eigenvalue weighted by molar-refractivity contribution is -0.137. The zero-order valence-electron chi connectivity index (χ0n) is 18.0. The Hall–Kier alpha value is -3.64. The van der Waals surface area contributed by atoms with Crippen molar-refractivity contribution in [2.75, 3.05) is 12.4 Å². The Kier molecular flexibility index (Phi) is 5.97. The third-order valence-corrected chi connectivity index (χ3v) is 5.57. The number of rotatable bonds is 6. The monoisotopic (exact) mass is 447 g/mol. The van der Waals surface area contributed by atoms with Gasteiger partial charge in [0.15, 0.2) is 0 Å². The highest BCUT2D eigenvalue weighted by Gasteiger charge is 2.40. The number of nitrogens with one attached hydrogen (secondary N) is 1. The van der Waals surface area contributed by atoms with E-state index in [1.54, 1.807) is 42.7 Å². The third-order valence-electron chi connectivity index (χ3n) is 5.33. The predicted octanol–water partition coefficient (Wildman–Crippen LogP) is 4.75. The summed E-state index contributed by atoms with van der Waals surface area (Å²) in [5.74, 6) is -0.263. The number of imide groups is 1. The van der Waals surface area contributed by atoms with Crippen LogP contribution in [0.3, 0.4) is 0 Å². The zero-order valence-corrected chi connectivity index (χ0v) is 18.7. The topological polar surface area (TPSA) is 71.5 Å². The van der Waals surface area contributed by atoms with E-state index >= 15 is 0 Å². The van der Waals surface area contributed by atoms with Gasteiger partial charge in [-0.1, -0.05) is 35.4 Å². The second-order valence-electron chi connectivity index (χ2n) is 7.59. The van der Waals surface area contributed by atoms with Gasteiger partial charge in [-0.2, -0.15) is 0 Å². The number of carbonyl (C=O) groups excluding carboxylic acids is 2. The fourth-order valence-electron chi connectivity index (χ4n) is 3.76. The van der Waals surface area contributed by atoms with Crippen LogP contribution >= 0.6 is 11.6 Å². The number of aryl methyl sites for hydroxylation is 2. The SMILES string of the molecule is COc1ccc(Cl)cc1NC1=C(c2ccc(C)cc2C)C(=O)N(Cc2ccncc2)C1=O. The van der Waals surface area contributed by atoms with Crippen LogP contribution in [0.2, 0.25) is 5.02 Å². The molecule has 2 aromatic carbocycles. The van der Waals surface area contributed by atoms with E-state index < -0.39 is 5.91 Å². The number of hydrogen-bond donors (Lipinski definition) is 1. The average Bonchev–Trinajstić information content (AvgIpc) is 2.99. The molecule has 32 heavy (non-hydrogen) atoms. The smallest absolute Gasteiger partial charge is 0.278 e. The number of methoxy groups -OCH3 is 1. The normalized spacial score (nSPS) is 13.7. The van der Waals surface area contributed by atoms with Crippen molar-refractivity contribution in [3.8, 4) is 5.75 Å². The van der Waals surface area contributed by atoms with Crippen LogP contribution in [0, 0.1) is 13.8 Å². The molecular formula is C25H22ClN3O3. The van der Waals surface area contributed by atoms with Gasteiger partial charge in [-0.3, -0.25) is 19.5 Å². The molecular weight excluding hydrogens is 426 g/mol. The molecule has 0 radical (unpaired) electrons. The minimum Gasteiger partial charge on any atom is -0.495 e. The predicted molar refractivity (Wildman–Crippen MR) is 124 cm³/mol. The number of halogens is 1. The molecule has 0 fully saturated rings. The summed E-state index contributed by atoms with van der Waals surface area (Å²) in [5, 5.41) is 3.61. The van der Waals surface area contributed by atoms with Gasteiger partial charge in [-0.25, -0.2) is 0 Å². The first-order chi connectivity index (χ1) is 15.4. The Bertz CT molecular complexity index is 1240. The molecule has 0 atom stereocenters. The van der Waals surface area contributed by atoms with Gasteiger partial charge in [0.05, 0.1) is 24.9 Å². The molecule has 2 heterocycles. The van der Waals surface area contributed by atoms with Crippen LogP contribution in [-0.2, 0) is 16.1 Å². The molecule has 7 heteroatoms. The van der Waals surface area contributed by atoms with Crippen LogP contribution in [0.4, 0.5) is 5.69 Å². The molecule has 3 aromatic rings. The number of pyridine rings is 1. The van der Waals surface area contributed by atoms with E-state index in [0.717, 1.165) is 16.7 Å². The van der Waals surface area contributed by atoms with Gasteiger partial charge in [0.2, 0.25) is 0 Å². The van der Waals surface area contributed by atoms with Crippen molar-refractivity contribution < 1.29 is 14.3 Å². The standard InChI is InChI=1S/C25H22ClN3O3/c1-15-4-6-19(16(2)12-15)22-23(28-20-13-18(26)5-7-21(20)32-3)25(31)29(24(22)30)14-17-8-10-27-11-9-17/h4-13,28H,14H2,1-3H3. The molecule has 0 saturated carbocycles. The van der Waals surface area contributed by atoms with Crippen LogP contribution in [0.1, 0.15) is 22.3 Å². The minimum absolute atomic E-state index is 0.145. The fraction of sp³-hybridized carbons (Fsp3) is 0.160. The first-order valence-corrected chi connectivity index (χ1v) is 10.4. The number of aromatic nitrogens is 1. The van der Waals surface area contributed by atoms with Crippen LogP contribution in [0.25, 0.3) is 5.57 Å². The highest BCUT2D eigenvalue weighted by molar-refractivity contribution is 6.37. The van der Waals surface area contributed by atoms with Crippen molar-refractivity contribution in [2.24, 2.45) is 0 Å². The molecule has 0 bridgehead atoms. The van der Waals surface area contributed by atoms with E-state index in [-0.39, 0.29) is 18.1 Å². The van der Waals surface area contributed by atoms with E-state index in [2.05, 4.69) is 10.3 Å². The third kappa shape index (κ3) is 4.09. The molecule has 0 spiro atoms. The van der Waals surface area contributed by atoms with Gasteiger partial charge in [-0.15, -0.1) is 0 Å². The van der Waals surface area contributed by atoms with Gasteiger partial charge in [0.25, 0.3) is 11.8 Å². The van der Waals surface area contributed by atoms with E-state index in [1.807, 2.05) is 32.0 Å². The Labute approximate surface area is 191 Å². The van der Waals surface area contributed by atoms with E-state index in [4.69, 9.17) is 16.3 Å². The van der Waals surface area contributed by atoms with Crippen molar-refractivity contribution in [2.45, 2.75) is 20.4 Å². The molecule has 0 unspecified atom stereocenters. The molecule has 6 nitrogen and oxygen atoms in total. The molecule has 0 saturated heterocycles. The number of amides is 2. The first-order valence-electron chi connectivity index (χ1n) is 10.1. The lowest BCUT2D eigenvalue weighted by Crippen LogP contribution is -2.32. The summed E-state index contributed by atoms with van der Waals surface area (Å²) >= 11 is 6.18.